The van der Waals surface area contributed by atoms with Crippen LogP contribution in [-0.4, -0.2) is 41.6 Å². The summed E-state index contributed by atoms with van der Waals surface area (Å²) >= 11 is 0. The number of aliphatic carboxylic acids is 1. The number of rotatable bonds is 7. The van der Waals surface area contributed by atoms with E-state index >= 15 is 0 Å². The first-order chi connectivity index (χ1) is 8.27. The zero-order valence-electron chi connectivity index (χ0n) is 12.1. The van der Waals surface area contributed by atoms with Crippen molar-refractivity contribution in [1.82, 2.24) is 10.2 Å². The minimum Gasteiger partial charge on any atom is -0.481 e. The SMILES string of the molecule is CCC(C)CC(C)NC(=O)N(C)CC(C)C(=O)O. The fourth-order valence-electron chi connectivity index (χ4n) is 1.72. The lowest BCUT2D eigenvalue weighted by atomic mass is 10.0. The molecule has 0 saturated heterocycles. The molecule has 0 aromatic carbocycles. The highest BCUT2D eigenvalue weighted by Gasteiger charge is 2.18. The Balaban J connectivity index is 4.11. The number of nitrogens with one attached hydrogen (secondary N) is 1. The van der Waals surface area contributed by atoms with Crippen LogP contribution in [0.1, 0.15) is 40.5 Å². The van der Waals surface area contributed by atoms with Crippen LogP contribution in [0.3, 0.4) is 0 Å². The predicted octanol–water partition coefficient (Wildman–Crippen LogP) is 2.17. The van der Waals surface area contributed by atoms with Crippen molar-refractivity contribution in [3.05, 3.63) is 0 Å². The predicted molar refractivity (Wildman–Crippen MR) is 71.5 cm³/mol. The van der Waals surface area contributed by atoms with E-state index in [9.17, 15) is 9.59 Å². The van der Waals surface area contributed by atoms with Crippen LogP contribution in [0, 0.1) is 11.8 Å². The van der Waals surface area contributed by atoms with Gasteiger partial charge in [-0.15, -0.1) is 0 Å². The van der Waals surface area contributed by atoms with Crippen LogP contribution in [0.2, 0.25) is 0 Å². The van der Waals surface area contributed by atoms with E-state index in [1.54, 1.807) is 14.0 Å². The van der Waals surface area contributed by atoms with Gasteiger partial charge in [0.25, 0.3) is 0 Å². The Bertz CT molecular complexity index is 281. The number of hydrogen-bond donors (Lipinski definition) is 2. The van der Waals surface area contributed by atoms with E-state index in [0.29, 0.717) is 5.92 Å². The van der Waals surface area contributed by atoms with Gasteiger partial charge in [-0.3, -0.25) is 4.79 Å². The van der Waals surface area contributed by atoms with Crippen LogP contribution >= 0.6 is 0 Å². The van der Waals surface area contributed by atoms with E-state index in [1.807, 2.05) is 6.92 Å². The summed E-state index contributed by atoms with van der Waals surface area (Å²) in [4.78, 5) is 23.9. The summed E-state index contributed by atoms with van der Waals surface area (Å²) in [5, 5.41) is 11.7. The van der Waals surface area contributed by atoms with E-state index in [2.05, 4.69) is 19.2 Å². The molecule has 0 aliphatic rings. The van der Waals surface area contributed by atoms with E-state index < -0.39 is 11.9 Å². The summed E-state index contributed by atoms with van der Waals surface area (Å²) in [6.45, 7) is 8.06. The first-order valence-electron chi connectivity index (χ1n) is 6.52. The molecule has 18 heavy (non-hydrogen) atoms. The molecule has 0 fully saturated rings. The summed E-state index contributed by atoms with van der Waals surface area (Å²) in [6, 6.07) is -0.103. The van der Waals surface area contributed by atoms with Gasteiger partial charge in [-0.05, 0) is 19.3 Å². The number of carbonyl (C=O) groups is 2. The summed E-state index contributed by atoms with van der Waals surface area (Å²) in [7, 11) is 1.62. The third-order valence-electron chi connectivity index (χ3n) is 3.14. The Kier molecular flexibility index (Phi) is 7.39. The van der Waals surface area contributed by atoms with Crippen molar-refractivity contribution >= 4 is 12.0 Å². The topological polar surface area (TPSA) is 69.6 Å². The van der Waals surface area contributed by atoms with Gasteiger partial charge in [0, 0.05) is 19.6 Å². The molecule has 0 radical (unpaired) electrons. The third-order valence-corrected chi connectivity index (χ3v) is 3.14. The van der Waals surface area contributed by atoms with Crippen molar-refractivity contribution in [2.45, 2.75) is 46.6 Å². The molecule has 0 aliphatic heterocycles. The Morgan fingerprint density at radius 2 is 1.83 bits per heavy atom. The minimum absolute atomic E-state index is 0.107. The van der Waals surface area contributed by atoms with E-state index in [4.69, 9.17) is 5.11 Å². The molecule has 106 valence electrons. The lowest BCUT2D eigenvalue weighted by Gasteiger charge is -2.24. The Hall–Kier alpha value is -1.26. The van der Waals surface area contributed by atoms with Crippen molar-refractivity contribution in [3.8, 4) is 0 Å². The fourth-order valence-corrected chi connectivity index (χ4v) is 1.72. The highest BCUT2D eigenvalue weighted by molar-refractivity contribution is 5.75. The van der Waals surface area contributed by atoms with Gasteiger partial charge in [0.1, 0.15) is 0 Å². The summed E-state index contributed by atoms with van der Waals surface area (Å²) in [6.07, 6.45) is 2.02. The number of carboxylic acids is 1. The Labute approximate surface area is 110 Å². The lowest BCUT2D eigenvalue weighted by molar-refractivity contribution is -0.141. The highest BCUT2D eigenvalue weighted by Crippen LogP contribution is 2.09. The lowest BCUT2D eigenvalue weighted by Crippen LogP contribution is -2.44. The number of urea groups is 1. The number of carbonyl (C=O) groups excluding carboxylic acids is 1. The second kappa shape index (κ2) is 7.95. The zero-order valence-corrected chi connectivity index (χ0v) is 12.1. The number of hydrogen-bond acceptors (Lipinski definition) is 2. The molecular formula is C13H26N2O3. The van der Waals surface area contributed by atoms with Gasteiger partial charge in [-0.25, -0.2) is 4.79 Å². The molecule has 0 aromatic rings. The largest absolute Gasteiger partial charge is 0.481 e. The second-order valence-corrected chi connectivity index (χ2v) is 5.22. The molecule has 0 heterocycles. The van der Waals surface area contributed by atoms with Crippen molar-refractivity contribution in [2.24, 2.45) is 11.8 Å². The normalized spacial score (nSPS) is 15.6. The molecule has 5 nitrogen and oxygen atoms in total. The first kappa shape index (κ1) is 16.7. The summed E-state index contributed by atoms with van der Waals surface area (Å²) < 4.78 is 0. The molecule has 0 aliphatic carbocycles. The van der Waals surface area contributed by atoms with E-state index in [-0.39, 0.29) is 18.6 Å². The van der Waals surface area contributed by atoms with Crippen LogP contribution in [0.15, 0.2) is 0 Å². The standard InChI is InChI=1S/C13H26N2O3/c1-6-9(2)7-11(4)14-13(18)15(5)8-10(3)12(16)17/h9-11H,6-8H2,1-5H3,(H,14,18)(H,16,17). The van der Waals surface area contributed by atoms with Crippen LogP contribution in [0.4, 0.5) is 4.79 Å². The van der Waals surface area contributed by atoms with Crippen LogP contribution in [0.5, 0.6) is 0 Å². The van der Waals surface area contributed by atoms with E-state index in [1.165, 1.54) is 4.90 Å². The molecule has 0 bridgehead atoms. The smallest absolute Gasteiger partial charge is 0.317 e. The van der Waals surface area contributed by atoms with Gasteiger partial charge in [-0.2, -0.15) is 0 Å². The zero-order chi connectivity index (χ0) is 14.3. The first-order valence-corrected chi connectivity index (χ1v) is 6.52. The molecule has 5 heteroatoms. The molecule has 2 N–H and O–H groups in total. The number of nitrogens with zero attached hydrogens (tertiary/aromatic N) is 1. The Morgan fingerprint density at radius 3 is 2.28 bits per heavy atom. The third kappa shape index (κ3) is 6.47. The van der Waals surface area contributed by atoms with Crippen LogP contribution < -0.4 is 5.32 Å². The molecule has 0 spiro atoms. The monoisotopic (exact) mass is 258 g/mol. The maximum absolute atomic E-state index is 11.8. The summed E-state index contributed by atoms with van der Waals surface area (Å²) in [5.74, 6) is -0.864. The molecule has 2 amide bonds. The second-order valence-electron chi connectivity index (χ2n) is 5.22. The minimum atomic E-state index is -0.887. The maximum atomic E-state index is 11.8. The van der Waals surface area contributed by atoms with Crippen LogP contribution in [-0.2, 0) is 4.79 Å². The average Bonchev–Trinajstić information content (AvgIpc) is 2.27. The number of carboxylic acid groups (broad SMARTS) is 1. The van der Waals surface area contributed by atoms with Gasteiger partial charge < -0.3 is 15.3 Å². The van der Waals surface area contributed by atoms with Crippen molar-refractivity contribution < 1.29 is 14.7 Å². The average molecular weight is 258 g/mol. The molecular weight excluding hydrogens is 232 g/mol. The van der Waals surface area contributed by atoms with Gasteiger partial charge >= 0.3 is 12.0 Å². The number of amides is 2. The molecule has 3 unspecified atom stereocenters. The Morgan fingerprint density at radius 1 is 1.28 bits per heavy atom. The van der Waals surface area contributed by atoms with Crippen LogP contribution in [0.25, 0.3) is 0 Å². The molecule has 0 aromatic heterocycles. The van der Waals surface area contributed by atoms with Crippen molar-refractivity contribution in [1.29, 1.82) is 0 Å². The van der Waals surface area contributed by atoms with Gasteiger partial charge in [0.2, 0.25) is 0 Å². The van der Waals surface area contributed by atoms with Crippen molar-refractivity contribution in [2.75, 3.05) is 13.6 Å². The van der Waals surface area contributed by atoms with Gasteiger partial charge in [0.05, 0.1) is 5.92 Å². The highest BCUT2D eigenvalue weighted by atomic mass is 16.4. The molecule has 3 atom stereocenters. The quantitative estimate of drug-likeness (QED) is 0.735. The van der Waals surface area contributed by atoms with Crippen molar-refractivity contribution in [3.63, 3.8) is 0 Å². The maximum Gasteiger partial charge on any atom is 0.317 e. The molecule has 0 saturated carbocycles. The van der Waals surface area contributed by atoms with E-state index in [0.717, 1.165) is 12.8 Å². The summed E-state index contributed by atoms with van der Waals surface area (Å²) in [5.41, 5.74) is 0. The fraction of sp³-hybridized carbons (Fsp3) is 0.846. The van der Waals surface area contributed by atoms with Gasteiger partial charge in [-0.1, -0.05) is 27.2 Å². The van der Waals surface area contributed by atoms with Gasteiger partial charge in [0.15, 0.2) is 0 Å². The molecule has 0 rings (SSSR count).